The van der Waals surface area contributed by atoms with Gasteiger partial charge in [-0.1, -0.05) is 35.9 Å². The Morgan fingerprint density at radius 3 is 2.54 bits per heavy atom. The van der Waals surface area contributed by atoms with Gasteiger partial charge in [-0.3, -0.25) is 4.79 Å². The molecule has 3 rings (SSSR count). The molecule has 5 nitrogen and oxygen atoms in total. The number of hydrogen-bond acceptors (Lipinski definition) is 4. The Kier molecular flexibility index (Phi) is 6.50. The lowest BCUT2D eigenvalue weighted by atomic mass is 10.1. The molecule has 3 aromatic rings. The van der Waals surface area contributed by atoms with Gasteiger partial charge in [-0.25, -0.2) is 4.98 Å². The number of halogens is 1. The summed E-state index contributed by atoms with van der Waals surface area (Å²) in [4.78, 5) is 16.9. The molecular weight excluding hydrogens is 376 g/mol. The van der Waals surface area contributed by atoms with Gasteiger partial charge in [0.25, 0.3) is 5.91 Å². The van der Waals surface area contributed by atoms with Crippen molar-refractivity contribution in [2.24, 2.45) is 0 Å². The molecule has 1 heterocycles. The lowest BCUT2D eigenvalue weighted by molar-refractivity contribution is 0.101. The van der Waals surface area contributed by atoms with E-state index in [4.69, 9.17) is 21.1 Å². The molecule has 0 bridgehead atoms. The van der Waals surface area contributed by atoms with Crippen molar-refractivity contribution in [2.45, 2.75) is 26.6 Å². The van der Waals surface area contributed by atoms with Crippen LogP contribution in [0.25, 0.3) is 0 Å². The van der Waals surface area contributed by atoms with Crippen molar-refractivity contribution in [3.05, 3.63) is 83.0 Å². The number of para-hydroxylation sites is 1. The number of carbonyl (C=O) groups excluding carboxylic acids is 1. The molecule has 0 aliphatic heterocycles. The number of ether oxygens (including phenoxy) is 2. The Morgan fingerprint density at radius 1 is 1.07 bits per heavy atom. The fourth-order valence-corrected chi connectivity index (χ4v) is 2.65. The molecule has 0 unspecified atom stereocenters. The van der Waals surface area contributed by atoms with Gasteiger partial charge < -0.3 is 14.8 Å². The molecule has 0 radical (unpaired) electrons. The number of nitrogens with zero attached hydrogens (tertiary/aromatic N) is 1. The number of amides is 1. The van der Waals surface area contributed by atoms with E-state index in [9.17, 15) is 4.79 Å². The molecule has 0 fully saturated rings. The van der Waals surface area contributed by atoms with Crippen LogP contribution in [0.3, 0.4) is 0 Å². The predicted octanol–water partition coefficient (Wildman–Crippen LogP) is 5.35. The number of hydrogen-bond donors (Lipinski definition) is 1. The van der Waals surface area contributed by atoms with E-state index in [0.717, 1.165) is 5.56 Å². The van der Waals surface area contributed by atoms with Crippen LogP contribution >= 0.6 is 11.6 Å². The van der Waals surface area contributed by atoms with Gasteiger partial charge in [0.05, 0.1) is 11.7 Å². The van der Waals surface area contributed by atoms with Crippen LogP contribution in [0, 0.1) is 0 Å². The first-order valence-corrected chi connectivity index (χ1v) is 9.30. The standard InChI is InChI=1S/C22H21ClN2O3/c1-15(2)28-21-18(22(26)25-20-8-3-4-13-24-20)6-5-7-19(21)27-14-16-9-11-17(23)12-10-16/h3-13,15H,14H2,1-2H3,(H,24,25,26). The Balaban J connectivity index is 1.84. The maximum atomic E-state index is 12.8. The fraction of sp³-hybridized carbons (Fsp3) is 0.182. The highest BCUT2D eigenvalue weighted by atomic mass is 35.5. The molecule has 1 N–H and O–H groups in total. The Morgan fingerprint density at radius 2 is 1.86 bits per heavy atom. The van der Waals surface area contributed by atoms with Crippen molar-refractivity contribution in [2.75, 3.05) is 5.32 Å². The van der Waals surface area contributed by atoms with Crippen LogP contribution in [0.2, 0.25) is 5.02 Å². The molecule has 144 valence electrons. The average molecular weight is 397 g/mol. The number of anilines is 1. The summed E-state index contributed by atoms with van der Waals surface area (Å²) in [7, 11) is 0. The molecule has 1 aromatic heterocycles. The van der Waals surface area contributed by atoms with Crippen LogP contribution in [-0.2, 0) is 6.61 Å². The number of aromatic nitrogens is 1. The number of carbonyl (C=O) groups is 1. The van der Waals surface area contributed by atoms with E-state index in [1.807, 2.05) is 38.1 Å². The smallest absolute Gasteiger partial charge is 0.260 e. The summed E-state index contributed by atoms with van der Waals surface area (Å²) >= 11 is 5.92. The van der Waals surface area contributed by atoms with E-state index in [2.05, 4.69) is 10.3 Å². The van der Waals surface area contributed by atoms with E-state index < -0.39 is 0 Å². The van der Waals surface area contributed by atoms with Gasteiger partial charge >= 0.3 is 0 Å². The zero-order valence-corrected chi connectivity index (χ0v) is 16.4. The van der Waals surface area contributed by atoms with Gasteiger partial charge in [-0.05, 0) is 55.8 Å². The Hall–Kier alpha value is -3.05. The van der Waals surface area contributed by atoms with Crippen LogP contribution in [0.15, 0.2) is 66.9 Å². The molecule has 6 heteroatoms. The van der Waals surface area contributed by atoms with E-state index in [-0.39, 0.29) is 12.0 Å². The molecule has 0 saturated heterocycles. The van der Waals surface area contributed by atoms with Crippen molar-refractivity contribution in [3.8, 4) is 11.5 Å². The third-order valence-corrected chi connectivity index (χ3v) is 4.04. The molecule has 1 amide bonds. The lowest BCUT2D eigenvalue weighted by Crippen LogP contribution is -2.17. The largest absolute Gasteiger partial charge is 0.486 e. The summed E-state index contributed by atoms with van der Waals surface area (Å²) in [6, 6.07) is 18.0. The van der Waals surface area contributed by atoms with Crippen molar-refractivity contribution in [1.82, 2.24) is 4.98 Å². The van der Waals surface area contributed by atoms with E-state index >= 15 is 0 Å². The molecule has 0 atom stereocenters. The van der Waals surface area contributed by atoms with Gasteiger partial charge in [0.1, 0.15) is 12.4 Å². The Bertz CT molecular complexity index is 928. The summed E-state index contributed by atoms with van der Waals surface area (Å²) in [6.07, 6.45) is 1.49. The van der Waals surface area contributed by atoms with Gasteiger partial charge in [0.2, 0.25) is 0 Å². The van der Waals surface area contributed by atoms with E-state index in [0.29, 0.717) is 34.5 Å². The first-order chi connectivity index (χ1) is 13.5. The molecule has 0 aliphatic rings. The summed E-state index contributed by atoms with van der Waals surface area (Å²) in [5.41, 5.74) is 1.34. The quantitative estimate of drug-likeness (QED) is 0.584. The minimum absolute atomic E-state index is 0.123. The first-order valence-electron chi connectivity index (χ1n) is 8.92. The normalized spacial score (nSPS) is 10.6. The summed E-state index contributed by atoms with van der Waals surface area (Å²) < 4.78 is 11.9. The van der Waals surface area contributed by atoms with Crippen LogP contribution in [-0.4, -0.2) is 17.0 Å². The molecule has 0 aliphatic carbocycles. The SMILES string of the molecule is CC(C)Oc1c(OCc2ccc(Cl)cc2)cccc1C(=O)Nc1ccccn1. The Labute approximate surface area is 169 Å². The maximum absolute atomic E-state index is 12.8. The second-order valence-electron chi connectivity index (χ2n) is 6.38. The van der Waals surface area contributed by atoms with Gasteiger partial charge in [0.15, 0.2) is 11.5 Å². The van der Waals surface area contributed by atoms with Gasteiger partial charge in [-0.2, -0.15) is 0 Å². The highest BCUT2D eigenvalue weighted by Gasteiger charge is 2.19. The summed E-state index contributed by atoms with van der Waals surface area (Å²) in [5, 5.41) is 3.45. The third-order valence-electron chi connectivity index (χ3n) is 3.79. The minimum atomic E-state index is -0.314. The second-order valence-corrected chi connectivity index (χ2v) is 6.82. The monoisotopic (exact) mass is 396 g/mol. The zero-order chi connectivity index (χ0) is 19.9. The van der Waals surface area contributed by atoms with E-state index in [1.54, 1.807) is 42.6 Å². The molecule has 28 heavy (non-hydrogen) atoms. The van der Waals surface area contributed by atoms with Gasteiger partial charge in [-0.15, -0.1) is 0 Å². The van der Waals surface area contributed by atoms with Crippen molar-refractivity contribution < 1.29 is 14.3 Å². The highest BCUT2D eigenvalue weighted by Crippen LogP contribution is 2.33. The summed E-state index contributed by atoms with van der Waals surface area (Å²) in [6.45, 7) is 4.13. The lowest BCUT2D eigenvalue weighted by Gasteiger charge is -2.18. The minimum Gasteiger partial charge on any atom is -0.486 e. The third kappa shape index (κ3) is 5.24. The maximum Gasteiger partial charge on any atom is 0.260 e. The predicted molar refractivity (Wildman–Crippen MR) is 110 cm³/mol. The van der Waals surface area contributed by atoms with E-state index in [1.165, 1.54) is 0 Å². The molecule has 0 spiro atoms. The average Bonchev–Trinajstić information content (AvgIpc) is 2.68. The fourth-order valence-electron chi connectivity index (χ4n) is 2.53. The van der Waals surface area contributed by atoms with Crippen LogP contribution in [0.5, 0.6) is 11.5 Å². The number of benzene rings is 2. The first kappa shape index (κ1) is 19.7. The number of pyridine rings is 1. The van der Waals surface area contributed by atoms with Crippen molar-refractivity contribution in [1.29, 1.82) is 0 Å². The van der Waals surface area contributed by atoms with Crippen molar-refractivity contribution in [3.63, 3.8) is 0 Å². The number of nitrogens with one attached hydrogen (secondary N) is 1. The highest BCUT2D eigenvalue weighted by molar-refractivity contribution is 6.30. The van der Waals surface area contributed by atoms with Crippen molar-refractivity contribution >= 4 is 23.3 Å². The number of rotatable bonds is 7. The van der Waals surface area contributed by atoms with Gasteiger partial charge in [0, 0.05) is 11.2 Å². The topological polar surface area (TPSA) is 60.5 Å². The molecule has 2 aromatic carbocycles. The zero-order valence-electron chi connectivity index (χ0n) is 15.7. The summed E-state index contributed by atoms with van der Waals surface area (Å²) in [5.74, 6) is 1.05. The van der Waals surface area contributed by atoms with Crippen LogP contribution in [0.1, 0.15) is 29.8 Å². The molecule has 0 saturated carbocycles. The second kappa shape index (κ2) is 9.24. The van der Waals surface area contributed by atoms with Crippen LogP contribution < -0.4 is 14.8 Å². The molecular formula is C22H21ClN2O3. The van der Waals surface area contributed by atoms with Crippen LogP contribution in [0.4, 0.5) is 5.82 Å².